The molecule has 1 aliphatic carbocycles. The zero-order chi connectivity index (χ0) is 8.81. The quantitative estimate of drug-likeness (QED) is 0.651. The van der Waals surface area contributed by atoms with E-state index < -0.39 is 0 Å². The summed E-state index contributed by atoms with van der Waals surface area (Å²) < 4.78 is 4.99. The number of hydrogen-bond acceptors (Lipinski definition) is 2. The SMILES string of the molecule is COCCN[C@H]1CC[C@@H](C)CC1. The fourth-order valence-corrected chi connectivity index (χ4v) is 1.83. The number of rotatable bonds is 4. The molecule has 0 amide bonds. The molecule has 1 fully saturated rings. The smallest absolute Gasteiger partial charge is 0.0587 e. The summed E-state index contributed by atoms with van der Waals surface area (Å²) in [7, 11) is 1.75. The third-order valence-electron chi connectivity index (χ3n) is 2.76. The molecule has 0 radical (unpaired) electrons. The van der Waals surface area contributed by atoms with Gasteiger partial charge in [0, 0.05) is 19.7 Å². The van der Waals surface area contributed by atoms with Crippen LogP contribution in [0.15, 0.2) is 0 Å². The number of nitrogens with one attached hydrogen (secondary N) is 1. The van der Waals surface area contributed by atoms with Crippen molar-refractivity contribution < 1.29 is 4.74 Å². The molecular weight excluding hydrogens is 150 g/mol. The van der Waals surface area contributed by atoms with E-state index in [-0.39, 0.29) is 0 Å². The summed E-state index contributed by atoms with van der Waals surface area (Å²) in [4.78, 5) is 0. The normalized spacial score (nSPS) is 30.5. The average Bonchev–Trinajstić information content (AvgIpc) is 2.09. The largest absolute Gasteiger partial charge is 0.383 e. The van der Waals surface area contributed by atoms with E-state index >= 15 is 0 Å². The van der Waals surface area contributed by atoms with E-state index in [1.165, 1.54) is 25.7 Å². The third-order valence-corrected chi connectivity index (χ3v) is 2.76. The zero-order valence-corrected chi connectivity index (χ0v) is 8.31. The molecule has 1 N–H and O–H groups in total. The Morgan fingerprint density at radius 2 is 1.92 bits per heavy atom. The Bertz CT molecular complexity index is 108. The van der Waals surface area contributed by atoms with Gasteiger partial charge < -0.3 is 10.1 Å². The summed E-state index contributed by atoms with van der Waals surface area (Å²) in [5, 5.41) is 3.52. The molecule has 0 aromatic carbocycles. The molecule has 0 heterocycles. The molecule has 1 rings (SSSR count). The Labute approximate surface area is 75.7 Å². The Hall–Kier alpha value is -0.0800. The number of ether oxygens (including phenoxy) is 1. The third kappa shape index (κ3) is 3.55. The first-order valence-electron chi connectivity index (χ1n) is 5.05. The highest BCUT2D eigenvalue weighted by atomic mass is 16.5. The molecule has 2 nitrogen and oxygen atoms in total. The van der Waals surface area contributed by atoms with Crippen LogP contribution in [0.5, 0.6) is 0 Å². The van der Waals surface area contributed by atoms with Gasteiger partial charge in [-0.05, 0) is 31.6 Å². The van der Waals surface area contributed by atoms with E-state index in [0.29, 0.717) is 0 Å². The highest BCUT2D eigenvalue weighted by Gasteiger charge is 2.16. The molecule has 1 aliphatic rings. The molecule has 0 unspecified atom stereocenters. The van der Waals surface area contributed by atoms with Crippen LogP contribution in [-0.2, 0) is 4.74 Å². The molecule has 0 bridgehead atoms. The van der Waals surface area contributed by atoms with Crippen LogP contribution >= 0.6 is 0 Å². The van der Waals surface area contributed by atoms with Crippen LogP contribution in [0.25, 0.3) is 0 Å². The lowest BCUT2D eigenvalue weighted by Gasteiger charge is -2.26. The summed E-state index contributed by atoms with van der Waals surface area (Å²) in [5.74, 6) is 0.950. The van der Waals surface area contributed by atoms with Gasteiger partial charge in [0.15, 0.2) is 0 Å². The lowest BCUT2D eigenvalue weighted by Crippen LogP contribution is -2.34. The minimum atomic E-state index is 0.761. The minimum absolute atomic E-state index is 0.761. The average molecular weight is 171 g/mol. The van der Waals surface area contributed by atoms with Crippen molar-refractivity contribution >= 4 is 0 Å². The van der Waals surface area contributed by atoms with Gasteiger partial charge in [-0.3, -0.25) is 0 Å². The van der Waals surface area contributed by atoms with Gasteiger partial charge in [0.2, 0.25) is 0 Å². The van der Waals surface area contributed by atoms with Gasteiger partial charge in [0.1, 0.15) is 0 Å². The van der Waals surface area contributed by atoms with Crippen LogP contribution in [0.1, 0.15) is 32.6 Å². The summed E-state index contributed by atoms with van der Waals surface area (Å²) in [5.41, 5.74) is 0. The van der Waals surface area contributed by atoms with E-state index in [1.54, 1.807) is 7.11 Å². The fraction of sp³-hybridized carbons (Fsp3) is 1.00. The molecule has 0 aromatic heterocycles. The van der Waals surface area contributed by atoms with Crippen LogP contribution in [0, 0.1) is 5.92 Å². The van der Waals surface area contributed by atoms with Crippen LogP contribution < -0.4 is 5.32 Å². The van der Waals surface area contributed by atoms with Gasteiger partial charge in [0.05, 0.1) is 6.61 Å². The predicted molar refractivity (Wildman–Crippen MR) is 51.3 cm³/mol. The molecule has 2 heteroatoms. The van der Waals surface area contributed by atoms with Crippen molar-refractivity contribution in [3.05, 3.63) is 0 Å². The van der Waals surface area contributed by atoms with Crippen LogP contribution in [0.4, 0.5) is 0 Å². The van der Waals surface area contributed by atoms with Crippen LogP contribution in [0.3, 0.4) is 0 Å². The van der Waals surface area contributed by atoms with E-state index in [9.17, 15) is 0 Å². The summed E-state index contributed by atoms with van der Waals surface area (Å²) >= 11 is 0. The van der Waals surface area contributed by atoms with Crippen LogP contribution in [-0.4, -0.2) is 26.3 Å². The van der Waals surface area contributed by atoms with Crippen molar-refractivity contribution in [2.24, 2.45) is 5.92 Å². The van der Waals surface area contributed by atoms with Crippen molar-refractivity contribution in [1.29, 1.82) is 0 Å². The van der Waals surface area contributed by atoms with Gasteiger partial charge in [-0.15, -0.1) is 0 Å². The second-order valence-corrected chi connectivity index (χ2v) is 3.90. The molecule has 0 spiro atoms. The Morgan fingerprint density at radius 3 is 2.50 bits per heavy atom. The van der Waals surface area contributed by atoms with Crippen molar-refractivity contribution in [3.8, 4) is 0 Å². The fourth-order valence-electron chi connectivity index (χ4n) is 1.83. The minimum Gasteiger partial charge on any atom is -0.383 e. The van der Waals surface area contributed by atoms with Gasteiger partial charge >= 0.3 is 0 Å². The maximum atomic E-state index is 4.99. The van der Waals surface area contributed by atoms with Gasteiger partial charge in [-0.2, -0.15) is 0 Å². The predicted octanol–water partition coefficient (Wildman–Crippen LogP) is 1.80. The first kappa shape index (κ1) is 10.0. The van der Waals surface area contributed by atoms with E-state index in [1.807, 2.05) is 0 Å². The molecule has 0 saturated heterocycles. The first-order valence-corrected chi connectivity index (χ1v) is 5.05. The second-order valence-electron chi connectivity index (χ2n) is 3.90. The molecule has 1 saturated carbocycles. The Balaban J connectivity index is 2.01. The molecule has 0 aliphatic heterocycles. The van der Waals surface area contributed by atoms with Gasteiger partial charge in [-0.25, -0.2) is 0 Å². The maximum Gasteiger partial charge on any atom is 0.0587 e. The molecular formula is C10H21NO. The first-order chi connectivity index (χ1) is 5.83. The molecule has 0 atom stereocenters. The summed E-state index contributed by atoms with van der Waals surface area (Å²) in [6.45, 7) is 4.20. The second kappa shape index (κ2) is 5.55. The molecule has 12 heavy (non-hydrogen) atoms. The number of hydrogen-bond donors (Lipinski definition) is 1. The van der Waals surface area contributed by atoms with Crippen molar-refractivity contribution in [1.82, 2.24) is 5.32 Å². The highest BCUT2D eigenvalue weighted by molar-refractivity contribution is 4.74. The monoisotopic (exact) mass is 171 g/mol. The maximum absolute atomic E-state index is 4.99. The lowest BCUT2D eigenvalue weighted by atomic mass is 9.87. The molecule has 72 valence electrons. The Kier molecular flexibility index (Phi) is 4.62. The summed E-state index contributed by atoms with van der Waals surface area (Å²) in [6, 6.07) is 0.761. The zero-order valence-electron chi connectivity index (χ0n) is 8.31. The molecule has 0 aromatic rings. The lowest BCUT2D eigenvalue weighted by molar-refractivity contribution is 0.189. The van der Waals surface area contributed by atoms with E-state index in [4.69, 9.17) is 4.74 Å². The number of methoxy groups -OCH3 is 1. The Morgan fingerprint density at radius 1 is 1.25 bits per heavy atom. The van der Waals surface area contributed by atoms with Gasteiger partial charge in [0.25, 0.3) is 0 Å². The standard InChI is InChI=1S/C10H21NO/c1-9-3-5-10(6-4-9)11-7-8-12-2/h9-11H,3-8H2,1-2H3/t9-,10+. The summed E-state index contributed by atoms with van der Waals surface area (Å²) in [6.07, 6.45) is 5.49. The van der Waals surface area contributed by atoms with Crippen LogP contribution in [0.2, 0.25) is 0 Å². The van der Waals surface area contributed by atoms with Gasteiger partial charge in [-0.1, -0.05) is 6.92 Å². The van der Waals surface area contributed by atoms with Crippen molar-refractivity contribution in [2.75, 3.05) is 20.3 Å². The highest BCUT2D eigenvalue weighted by Crippen LogP contribution is 2.23. The topological polar surface area (TPSA) is 21.3 Å². The van der Waals surface area contributed by atoms with E-state index in [0.717, 1.165) is 25.1 Å². The van der Waals surface area contributed by atoms with Crippen molar-refractivity contribution in [2.45, 2.75) is 38.6 Å². The van der Waals surface area contributed by atoms with E-state index in [2.05, 4.69) is 12.2 Å². The van der Waals surface area contributed by atoms with Crippen molar-refractivity contribution in [3.63, 3.8) is 0 Å².